The van der Waals surface area contributed by atoms with E-state index in [-0.39, 0.29) is 0 Å². The Labute approximate surface area is 111 Å². The van der Waals surface area contributed by atoms with Crippen molar-refractivity contribution in [2.45, 2.75) is 40.7 Å². The van der Waals surface area contributed by atoms with E-state index in [9.17, 15) is 0 Å². The zero-order chi connectivity index (χ0) is 13.3. The molecule has 0 bridgehead atoms. The molecule has 0 saturated carbocycles. The fourth-order valence-corrected chi connectivity index (χ4v) is 2.73. The first-order valence-electron chi connectivity index (χ1n) is 6.93. The second kappa shape index (κ2) is 4.93. The molecule has 1 aliphatic rings. The van der Waals surface area contributed by atoms with Gasteiger partial charge in [0.2, 0.25) is 0 Å². The summed E-state index contributed by atoms with van der Waals surface area (Å²) in [6.45, 7) is 12.6. The summed E-state index contributed by atoms with van der Waals surface area (Å²) >= 11 is 0. The van der Waals surface area contributed by atoms with E-state index in [2.05, 4.69) is 50.8 Å². The second-order valence-electron chi connectivity index (χ2n) is 6.78. The first-order chi connectivity index (χ1) is 8.36. The molecular weight excluding hydrogens is 220 g/mol. The second-order valence-corrected chi connectivity index (χ2v) is 6.78. The van der Waals surface area contributed by atoms with Gasteiger partial charge in [-0.25, -0.2) is 0 Å². The van der Waals surface area contributed by atoms with Crippen molar-refractivity contribution in [3.05, 3.63) is 29.3 Å². The number of anilines is 1. The van der Waals surface area contributed by atoms with Gasteiger partial charge < -0.3 is 5.73 Å². The molecule has 1 fully saturated rings. The Morgan fingerprint density at radius 1 is 1.33 bits per heavy atom. The molecule has 18 heavy (non-hydrogen) atoms. The minimum atomic E-state index is 0.432. The molecule has 0 aliphatic carbocycles. The number of hydrogen-bond donors (Lipinski definition) is 1. The number of nitrogens with two attached hydrogens (primary N) is 1. The molecular formula is C16H26N2. The smallest absolute Gasteiger partial charge is 0.0346 e. The van der Waals surface area contributed by atoms with Crippen LogP contribution in [0.3, 0.4) is 0 Å². The summed E-state index contributed by atoms with van der Waals surface area (Å²) in [5, 5.41) is 0. The van der Waals surface area contributed by atoms with Crippen LogP contribution in [0.2, 0.25) is 0 Å². The zero-order valence-corrected chi connectivity index (χ0v) is 12.2. The number of rotatable bonds is 2. The maximum Gasteiger partial charge on any atom is 0.0346 e. The van der Waals surface area contributed by atoms with Crippen LogP contribution in [-0.2, 0) is 6.54 Å². The van der Waals surface area contributed by atoms with E-state index in [1.54, 1.807) is 0 Å². The molecule has 0 radical (unpaired) electrons. The molecule has 1 aromatic rings. The SMILES string of the molecule is Cc1ccc(CN2CCC(C(C)(C)C)C2)cc1N. The third-order valence-electron chi connectivity index (χ3n) is 4.25. The van der Waals surface area contributed by atoms with Crippen molar-refractivity contribution in [2.24, 2.45) is 11.3 Å². The van der Waals surface area contributed by atoms with Crippen molar-refractivity contribution in [2.75, 3.05) is 18.8 Å². The van der Waals surface area contributed by atoms with Crippen LogP contribution in [0.5, 0.6) is 0 Å². The first kappa shape index (κ1) is 13.4. The van der Waals surface area contributed by atoms with Gasteiger partial charge in [0.1, 0.15) is 0 Å². The third-order valence-corrected chi connectivity index (χ3v) is 4.25. The topological polar surface area (TPSA) is 29.3 Å². The summed E-state index contributed by atoms with van der Waals surface area (Å²) in [5.74, 6) is 0.820. The van der Waals surface area contributed by atoms with E-state index in [1.165, 1.54) is 30.6 Å². The van der Waals surface area contributed by atoms with Gasteiger partial charge in [0, 0.05) is 18.8 Å². The Morgan fingerprint density at radius 2 is 2.06 bits per heavy atom. The third kappa shape index (κ3) is 3.05. The van der Waals surface area contributed by atoms with Gasteiger partial charge in [-0.3, -0.25) is 4.90 Å². The van der Waals surface area contributed by atoms with Crippen molar-refractivity contribution in [1.82, 2.24) is 4.90 Å². The summed E-state index contributed by atoms with van der Waals surface area (Å²) in [5.41, 5.74) is 9.83. The van der Waals surface area contributed by atoms with Crippen molar-refractivity contribution < 1.29 is 0 Å². The Bertz CT molecular complexity index is 418. The maximum absolute atomic E-state index is 5.97. The lowest BCUT2D eigenvalue weighted by Crippen LogP contribution is -2.25. The predicted octanol–water partition coefficient (Wildman–Crippen LogP) is 3.45. The molecule has 0 aromatic heterocycles. The minimum absolute atomic E-state index is 0.432. The molecule has 1 aliphatic heterocycles. The minimum Gasteiger partial charge on any atom is -0.399 e. The van der Waals surface area contributed by atoms with Crippen molar-refractivity contribution in [3.63, 3.8) is 0 Å². The first-order valence-corrected chi connectivity index (χ1v) is 6.93. The van der Waals surface area contributed by atoms with Gasteiger partial charge in [-0.1, -0.05) is 32.9 Å². The standard InChI is InChI=1S/C16H26N2/c1-12-5-6-13(9-15(12)17)10-18-8-7-14(11-18)16(2,3)4/h5-6,9,14H,7-8,10-11,17H2,1-4H3. The predicted molar refractivity (Wildman–Crippen MR) is 78.4 cm³/mol. The Kier molecular flexibility index (Phi) is 3.67. The number of likely N-dealkylation sites (tertiary alicyclic amines) is 1. The van der Waals surface area contributed by atoms with Gasteiger partial charge >= 0.3 is 0 Å². The largest absolute Gasteiger partial charge is 0.399 e. The number of aryl methyl sites for hydroxylation is 1. The van der Waals surface area contributed by atoms with Crippen LogP contribution in [0.15, 0.2) is 18.2 Å². The molecule has 2 N–H and O–H groups in total. The molecule has 0 amide bonds. The average molecular weight is 246 g/mol. The van der Waals surface area contributed by atoms with Crippen LogP contribution in [0.4, 0.5) is 5.69 Å². The highest BCUT2D eigenvalue weighted by Crippen LogP contribution is 2.34. The lowest BCUT2D eigenvalue weighted by molar-refractivity contribution is 0.226. The molecule has 0 spiro atoms. The maximum atomic E-state index is 5.97. The lowest BCUT2D eigenvalue weighted by Gasteiger charge is -2.27. The molecule has 2 heteroatoms. The summed E-state index contributed by atoms with van der Waals surface area (Å²) in [6, 6.07) is 6.46. The molecule has 100 valence electrons. The number of benzene rings is 1. The lowest BCUT2D eigenvalue weighted by atomic mass is 9.80. The van der Waals surface area contributed by atoms with Crippen LogP contribution in [0.25, 0.3) is 0 Å². The summed E-state index contributed by atoms with van der Waals surface area (Å²) in [7, 11) is 0. The summed E-state index contributed by atoms with van der Waals surface area (Å²) < 4.78 is 0. The van der Waals surface area contributed by atoms with E-state index in [1.807, 2.05) is 0 Å². The molecule has 1 unspecified atom stereocenters. The van der Waals surface area contributed by atoms with Gasteiger partial charge in [-0.15, -0.1) is 0 Å². The van der Waals surface area contributed by atoms with Crippen LogP contribution in [0.1, 0.15) is 38.3 Å². The normalized spacial score (nSPS) is 21.4. The van der Waals surface area contributed by atoms with Crippen LogP contribution >= 0.6 is 0 Å². The fourth-order valence-electron chi connectivity index (χ4n) is 2.73. The van der Waals surface area contributed by atoms with Gasteiger partial charge in [0.25, 0.3) is 0 Å². The Balaban J connectivity index is 1.97. The highest BCUT2D eigenvalue weighted by Gasteiger charge is 2.31. The summed E-state index contributed by atoms with van der Waals surface area (Å²) in [4.78, 5) is 2.56. The van der Waals surface area contributed by atoms with Crippen molar-refractivity contribution in [3.8, 4) is 0 Å². The van der Waals surface area contributed by atoms with E-state index >= 15 is 0 Å². The zero-order valence-electron chi connectivity index (χ0n) is 12.2. The quantitative estimate of drug-likeness (QED) is 0.810. The molecule has 1 aromatic carbocycles. The van der Waals surface area contributed by atoms with E-state index in [4.69, 9.17) is 5.73 Å². The van der Waals surface area contributed by atoms with Gasteiger partial charge in [-0.05, 0) is 48.4 Å². The van der Waals surface area contributed by atoms with Gasteiger partial charge in [0.15, 0.2) is 0 Å². The molecule has 1 saturated heterocycles. The fraction of sp³-hybridized carbons (Fsp3) is 0.625. The Morgan fingerprint density at radius 3 is 2.61 bits per heavy atom. The molecule has 2 nitrogen and oxygen atoms in total. The van der Waals surface area contributed by atoms with Crippen LogP contribution < -0.4 is 5.73 Å². The van der Waals surface area contributed by atoms with Crippen LogP contribution in [-0.4, -0.2) is 18.0 Å². The summed E-state index contributed by atoms with van der Waals surface area (Å²) in [6.07, 6.45) is 1.32. The van der Waals surface area contributed by atoms with E-state index in [0.717, 1.165) is 18.2 Å². The average Bonchev–Trinajstić information content (AvgIpc) is 2.72. The highest BCUT2D eigenvalue weighted by molar-refractivity contribution is 5.48. The molecule has 1 atom stereocenters. The number of nitrogen functional groups attached to an aromatic ring is 1. The number of nitrogens with zero attached hydrogens (tertiary/aromatic N) is 1. The van der Waals surface area contributed by atoms with Crippen molar-refractivity contribution in [1.29, 1.82) is 0 Å². The molecule has 1 heterocycles. The Hall–Kier alpha value is -1.02. The van der Waals surface area contributed by atoms with E-state index in [0.29, 0.717) is 5.41 Å². The van der Waals surface area contributed by atoms with Crippen LogP contribution in [0, 0.1) is 18.3 Å². The van der Waals surface area contributed by atoms with E-state index < -0.39 is 0 Å². The van der Waals surface area contributed by atoms with Gasteiger partial charge in [-0.2, -0.15) is 0 Å². The highest BCUT2D eigenvalue weighted by atomic mass is 15.1. The number of hydrogen-bond acceptors (Lipinski definition) is 2. The monoisotopic (exact) mass is 246 g/mol. The van der Waals surface area contributed by atoms with Crippen molar-refractivity contribution >= 4 is 5.69 Å². The molecule has 2 rings (SSSR count). The van der Waals surface area contributed by atoms with Gasteiger partial charge in [0.05, 0.1) is 0 Å².